The minimum atomic E-state index is -1.10. The number of hydrogen-bond acceptors (Lipinski definition) is 3. The van der Waals surface area contributed by atoms with Gasteiger partial charge in [0.2, 0.25) is 5.91 Å². The number of rotatable bonds is 2. The molecular weight excluding hydrogens is 323 g/mol. The van der Waals surface area contributed by atoms with Crippen LogP contribution in [0.15, 0.2) is 18.2 Å². The first kappa shape index (κ1) is 16.0. The van der Waals surface area contributed by atoms with E-state index in [4.69, 9.17) is 0 Å². The van der Waals surface area contributed by atoms with E-state index < -0.39 is 17.3 Å². The molecule has 3 aliphatic rings. The van der Waals surface area contributed by atoms with Crippen LogP contribution >= 0.6 is 0 Å². The molecule has 1 aromatic rings. The third kappa shape index (κ3) is 2.39. The summed E-state index contributed by atoms with van der Waals surface area (Å²) in [5, 5.41) is 2.32. The maximum atomic E-state index is 14.1. The van der Waals surface area contributed by atoms with Crippen molar-refractivity contribution < 1.29 is 18.8 Å². The topological polar surface area (TPSA) is 66.5 Å². The van der Waals surface area contributed by atoms with Gasteiger partial charge in [0.1, 0.15) is 11.4 Å². The Balaban J connectivity index is 1.75. The first-order chi connectivity index (χ1) is 11.9. The predicted molar refractivity (Wildman–Crippen MR) is 88.9 cm³/mol. The zero-order valence-corrected chi connectivity index (χ0v) is 14.0. The molecule has 2 heterocycles. The maximum Gasteiger partial charge on any atom is 0.255 e. The largest absolute Gasteiger partial charge is 0.320 e. The Morgan fingerprint density at radius 2 is 1.92 bits per heavy atom. The lowest BCUT2D eigenvalue weighted by Crippen LogP contribution is -2.61. The smallest absolute Gasteiger partial charge is 0.255 e. The molecule has 1 unspecified atom stereocenters. The highest BCUT2D eigenvalue weighted by molar-refractivity contribution is 6.07. The summed E-state index contributed by atoms with van der Waals surface area (Å²) in [5.74, 6) is -1.58. The summed E-state index contributed by atoms with van der Waals surface area (Å²) in [7, 11) is 0. The Bertz CT molecular complexity index is 845. The van der Waals surface area contributed by atoms with Gasteiger partial charge in [0.05, 0.1) is 0 Å². The molecule has 2 aliphatic heterocycles. The molecule has 0 spiro atoms. The van der Waals surface area contributed by atoms with E-state index >= 15 is 0 Å². The van der Waals surface area contributed by atoms with Crippen molar-refractivity contribution in [2.45, 2.75) is 51.1 Å². The molecule has 1 saturated heterocycles. The molecule has 6 heteroatoms. The van der Waals surface area contributed by atoms with Gasteiger partial charge < -0.3 is 4.90 Å². The van der Waals surface area contributed by atoms with Crippen LogP contribution in [-0.2, 0) is 16.1 Å². The SMILES string of the molecule is CC1(N2Cc3c(cc(F)cc3C3=CCCC3)C2=O)CCC(=O)NC1=O. The molecule has 1 aromatic carbocycles. The summed E-state index contributed by atoms with van der Waals surface area (Å²) >= 11 is 0. The molecule has 1 aliphatic carbocycles. The number of piperidine rings is 1. The molecular formula is C19H19FN2O3. The van der Waals surface area contributed by atoms with Gasteiger partial charge in [0.15, 0.2) is 0 Å². The average Bonchev–Trinajstić information content (AvgIpc) is 3.20. The summed E-state index contributed by atoms with van der Waals surface area (Å²) in [4.78, 5) is 38.3. The van der Waals surface area contributed by atoms with Crippen LogP contribution in [0, 0.1) is 5.82 Å². The molecule has 5 nitrogen and oxygen atoms in total. The van der Waals surface area contributed by atoms with E-state index in [0.717, 1.165) is 36.0 Å². The number of fused-ring (bicyclic) bond motifs is 1. The highest BCUT2D eigenvalue weighted by atomic mass is 19.1. The van der Waals surface area contributed by atoms with Gasteiger partial charge in [-0.05, 0) is 61.4 Å². The van der Waals surface area contributed by atoms with Crippen molar-refractivity contribution in [1.82, 2.24) is 10.2 Å². The number of nitrogens with zero attached hydrogens (tertiary/aromatic N) is 1. The molecule has 1 fully saturated rings. The number of amides is 3. The third-order valence-electron chi connectivity index (χ3n) is 5.57. The molecule has 3 amide bonds. The second kappa shape index (κ2) is 5.51. The molecule has 0 radical (unpaired) electrons. The zero-order chi connectivity index (χ0) is 17.8. The average molecular weight is 342 g/mol. The minimum Gasteiger partial charge on any atom is -0.320 e. The van der Waals surface area contributed by atoms with Crippen molar-refractivity contribution in [3.05, 3.63) is 40.7 Å². The van der Waals surface area contributed by atoms with Crippen LogP contribution in [0.1, 0.15) is 60.5 Å². The van der Waals surface area contributed by atoms with Gasteiger partial charge in [-0.15, -0.1) is 0 Å². The van der Waals surface area contributed by atoms with Crippen LogP contribution in [0.5, 0.6) is 0 Å². The summed E-state index contributed by atoms with van der Waals surface area (Å²) in [6.07, 6.45) is 5.42. The lowest BCUT2D eigenvalue weighted by molar-refractivity contribution is -0.142. The Morgan fingerprint density at radius 1 is 1.16 bits per heavy atom. The molecule has 4 rings (SSSR count). The first-order valence-electron chi connectivity index (χ1n) is 8.58. The second-order valence-electron chi connectivity index (χ2n) is 7.14. The highest BCUT2D eigenvalue weighted by Crippen LogP contribution is 2.39. The van der Waals surface area contributed by atoms with Crippen LogP contribution in [0.2, 0.25) is 0 Å². The maximum absolute atomic E-state index is 14.1. The predicted octanol–water partition coefficient (Wildman–Crippen LogP) is 2.54. The van der Waals surface area contributed by atoms with Crippen LogP contribution in [0.3, 0.4) is 0 Å². The number of nitrogens with one attached hydrogen (secondary N) is 1. The van der Waals surface area contributed by atoms with Gasteiger partial charge in [-0.1, -0.05) is 6.08 Å². The van der Waals surface area contributed by atoms with Crippen LogP contribution in [0.25, 0.3) is 5.57 Å². The van der Waals surface area contributed by atoms with Crippen molar-refractivity contribution in [3.63, 3.8) is 0 Å². The van der Waals surface area contributed by atoms with E-state index in [1.165, 1.54) is 17.0 Å². The Kier molecular flexibility index (Phi) is 3.52. The Morgan fingerprint density at radius 3 is 2.60 bits per heavy atom. The molecule has 130 valence electrons. The lowest BCUT2D eigenvalue weighted by atomic mass is 9.89. The lowest BCUT2D eigenvalue weighted by Gasteiger charge is -2.39. The van der Waals surface area contributed by atoms with E-state index in [1.807, 2.05) is 0 Å². The summed E-state index contributed by atoms with van der Waals surface area (Å²) in [5.41, 5.74) is 1.86. The molecule has 0 aromatic heterocycles. The number of carbonyl (C=O) groups is 3. The fraction of sp³-hybridized carbons (Fsp3) is 0.421. The van der Waals surface area contributed by atoms with E-state index in [2.05, 4.69) is 11.4 Å². The van der Waals surface area contributed by atoms with Gasteiger partial charge in [-0.2, -0.15) is 0 Å². The first-order valence-corrected chi connectivity index (χ1v) is 8.58. The molecule has 0 saturated carbocycles. The molecule has 1 N–H and O–H groups in total. The zero-order valence-electron chi connectivity index (χ0n) is 14.0. The van der Waals surface area contributed by atoms with Crippen LogP contribution in [-0.4, -0.2) is 28.2 Å². The van der Waals surface area contributed by atoms with E-state index in [-0.39, 0.29) is 31.2 Å². The van der Waals surface area contributed by atoms with Crippen molar-refractivity contribution in [1.29, 1.82) is 0 Å². The molecule has 0 bridgehead atoms. The Labute approximate surface area is 144 Å². The normalized spacial score (nSPS) is 25.9. The van der Waals surface area contributed by atoms with E-state index in [9.17, 15) is 18.8 Å². The van der Waals surface area contributed by atoms with Crippen molar-refractivity contribution >= 4 is 23.3 Å². The second-order valence-corrected chi connectivity index (χ2v) is 7.14. The summed E-state index contributed by atoms with van der Waals surface area (Å²) < 4.78 is 14.1. The number of hydrogen-bond donors (Lipinski definition) is 1. The number of halogens is 1. The number of benzene rings is 1. The summed E-state index contributed by atoms with van der Waals surface area (Å²) in [6, 6.07) is 2.74. The number of carbonyl (C=O) groups excluding carboxylic acids is 3. The highest BCUT2D eigenvalue weighted by Gasteiger charge is 2.49. The van der Waals surface area contributed by atoms with Gasteiger partial charge in [0, 0.05) is 18.5 Å². The van der Waals surface area contributed by atoms with Gasteiger partial charge in [-0.3, -0.25) is 19.7 Å². The van der Waals surface area contributed by atoms with E-state index in [1.54, 1.807) is 6.92 Å². The van der Waals surface area contributed by atoms with E-state index in [0.29, 0.717) is 5.56 Å². The standard InChI is InChI=1S/C19H19FN2O3/c1-19(7-6-16(23)21-18(19)25)22-10-15-13(11-4-2-3-5-11)8-12(20)9-14(15)17(22)24/h4,8-9H,2-3,5-7,10H2,1H3,(H,21,23,25). The van der Waals surface area contributed by atoms with Gasteiger partial charge in [0.25, 0.3) is 11.8 Å². The third-order valence-corrected chi connectivity index (χ3v) is 5.57. The van der Waals surface area contributed by atoms with Gasteiger partial charge >= 0.3 is 0 Å². The van der Waals surface area contributed by atoms with Crippen molar-refractivity contribution in [2.24, 2.45) is 0 Å². The van der Waals surface area contributed by atoms with Crippen molar-refractivity contribution in [3.8, 4) is 0 Å². The monoisotopic (exact) mass is 342 g/mol. The summed E-state index contributed by atoms with van der Waals surface area (Å²) in [6.45, 7) is 1.93. The molecule has 25 heavy (non-hydrogen) atoms. The minimum absolute atomic E-state index is 0.189. The van der Waals surface area contributed by atoms with Crippen molar-refractivity contribution in [2.75, 3.05) is 0 Å². The van der Waals surface area contributed by atoms with Crippen LogP contribution in [0.4, 0.5) is 4.39 Å². The molecule has 1 atom stereocenters. The Hall–Kier alpha value is -2.50. The quantitative estimate of drug-likeness (QED) is 0.840. The fourth-order valence-corrected chi connectivity index (χ4v) is 4.03. The number of allylic oxidation sites excluding steroid dienone is 2. The number of imide groups is 1. The fourth-order valence-electron chi connectivity index (χ4n) is 4.03. The van der Waals surface area contributed by atoms with Crippen LogP contribution < -0.4 is 5.32 Å². The van der Waals surface area contributed by atoms with Gasteiger partial charge in [-0.25, -0.2) is 4.39 Å².